The van der Waals surface area contributed by atoms with Gasteiger partial charge in [0, 0.05) is 23.5 Å². The lowest BCUT2D eigenvalue weighted by atomic mass is 10.1. The van der Waals surface area contributed by atoms with E-state index in [9.17, 15) is 0 Å². The van der Waals surface area contributed by atoms with Gasteiger partial charge in [0.15, 0.2) is 0 Å². The molecule has 0 bridgehead atoms. The molecular formula is C14H14N4. The van der Waals surface area contributed by atoms with Gasteiger partial charge in [0.05, 0.1) is 17.3 Å². The fourth-order valence-electron chi connectivity index (χ4n) is 2.05. The number of anilines is 1. The first-order chi connectivity index (χ1) is 8.84. The van der Waals surface area contributed by atoms with Gasteiger partial charge in [-0.25, -0.2) is 0 Å². The summed E-state index contributed by atoms with van der Waals surface area (Å²) in [4.78, 5) is 4.35. The molecule has 0 saturated carbocycles. The second-order valence-corrected chi connectivity index (χ2v) is 4.25. The molecule has 90 valence electrons. The Kier molecular flexibility index (Phi) is 2.68. The standard InChI is InChI=1S/C14H14N4/c1-10(12-7-9-16-18-12)17-14-6-2-5-13-11(14)4-3-8-15-13/h2-10,17H,1H3,(H,16,18). The second kappa shape index (κ2) is 4.49. The summed E-state index contributed by atoms with van der Waals surface area (Å²) >= 11 is 0. The lowest BCUT2D eigenvalue weighted by molar-refractivity contribution is 0.827. The van der Waals surface area contributed by atoms with Crippen LogP contribution in [0.1, 0.15) is 18.7 Å². The monoisotopic (exact) mass is 238 g/mol. The van der Waals surface area contributed by atoms with Crippen LogP contribution in [0.2, 0.25) is 0 Å². The zero-order valence-electron chi connectivity index (χ0n) is 10.1. The Morgan fingerprint density at radius 3 is 2.89 bits per heavy atom. The van der Waals surface area contributed by atoms with E-state index in [1.54, 1.807) is 6.20 Å². The smallest absolute Gasteiger partial charge is 0.0722 e. The van der Waals surface area contributed by atoms with E-state index in [4.69, 9.17) is 0 Å². The Balaban J connectivity index is 1.95. The third kappa shape index (κ3) is 1.93. The van der Waals surface area contributed by atoms with Crippen molar-refractivity contribution in [2.24, 2.45) is 0 Å². The van der Waals surface area contributed by atoms with Crippen LogP contribution in [0.25, 0.3) is 10.9 Å². The minimum atomic E-state index is 0.179. The van der Waals surface area contributed by atoms with Gasteiger partial charge in [-0.2, -0.15) is 5.10 Å². The average molecular weight is 238 g/mol. The summed E-state index contributed by atoms with van der Waals surface area (Å²) in [6, 6.07) is 12.3. The summed E-state index contributed by atoms with van der Waals surface area (Å²) in [5, 5.41) is 11.6. The number of aromatic nitrogens is 3. The summed E-state index contributed by atoms with van der Waals surface area (Å²) in [6.07, 6.45) is 3.57. The molecule has 2 aromatic heterocycles. The van der Waals surface area contributed by atoms with Crippen molar-refractivity contribution in [1.82, 2.24) is 15.2 Å². The van der Waals surface area contributed by atoms with Crippen LogP contribution >= 0.6 is 0 Å². The number of hydrogen-bond acceptors (Lipinski definition) is 3. The molecule has 3 rings (SSSR count). The molecule has 18 heavy (non-hydrogen) atoms. The van der Waals surface area contributed by atoms with Gasteiger partial charge in [0.2, 0.25) is 0 Å². The number of aromatic amines is 1. The average Bonchev–Trinajstić information content (AvgIpc) is 2.93. The van der Waals surface area contributed by atoms with Crippen LogP contribution in [0, 0.1) is 0 Å². The molecule has 0 radical (unpaired) electrons. The molecule has 1 aromatic carbocycles. The predicted octanol–water partition coefficient (Wildman–Crippen LogP) is 3.13. The van der Waals surface area contributed by atoms with E-state index in [1.165, 1.54) is 0 Å². The van der Waals surface area contributed by atoms with Crippen LogP contribution in [-0.2, 0) is 0 Å². The molecule has 2 heterocycles. The Morgan fingerprint density at radius 2 is 2.06 bits per heavy atom. The fourth-order valence-corrected chi connectivity index (χ4v) is 2.05. The van der Waals surface area contributed by atoms with E-state index in [0.29, 0.717) is 0 Å². The first-order valence-corrected chi connectivity index (χ1v) is 5.94. The predicted molar refractivity (Wildman–Crippen MR) is 72.4 cm³/mol. The van der Waals surface area contributed by atoms with E-state index in [-0.39, 0.29) is 6.04 Å². The molecule has 0 aliphatic heterocycles. The maximum atomic E-state index is 4.35. The van der Waals surface area contributed by atoms with Gasteiger partial charge in [-0.15, -0.1) is 0 Å². The number of hydrogen-bond donors (Lipinski definition) is 2. The van der Waals surface area contributed by atoms with Crippen molar-refractivity contribution < 1.29 is 0 Å². The highest BCUT2D eigenvalue weighted by Gasteiger charge is 2.08. The Labute approximate surface area is 105 Å². The van der Waals surface area contributed by atoms with Gasteiger partial charge in [0.25, 0.3) is 0 Å². The molecule has 0 aliphatic rings. The largest absolute Gasteiger partial charge is 0.376 e. The zero-order valence-corrected chi connectivity index (χ0v) is 10.1. The molecule has 1 unspecified atom stereocenters. The van der Waals surface area contributed by atoms with E-state index in [1.807, 2.05) is 30.5 Å². The minimum absolute atomic E-state index is 0.179. The summed E-state index contributed by atoms with van der Waals surface area (Å²) in [6.45, 7) is 2.10. The second-order valence-electron chi connectivity index (χ2n) is 4.25. The number of rotatable bonds is 3. The normalized spacial score (nSPS) is 12.5. The highest BCUT2D eigenvalue weighted by atomic mass is 15.1. The van der Waals surface area contributed by atoms with Gasteiger partial charge in [0.1, 0.15) is 0 Å². The minimum Gasteiger partial charge on any atom is -0.376 e. The molecule has 3 aromatic rings. The van der Waals surface area contributed by atoms with Crippen LogP contribution in [0.5, 0.6) is 0 Å². The SMILES string of the molecule is CC(Nc1cccc2ncccc12)c1ccn[nH]1. The third-order valence-electron chi connectivity index (χ3n) is 3.01. The number of fused-ring (bicyclic) bond motifs is 1. The molecule has 0 amide bonds. The van der Waals surface area contributed by atoms with Crippen LogP contribution in [0.15, 0.2) is 48.8 Å². The molecule has 1 atom stereocenters. The number of H-pyrrole nitrogens is 1. The summed E-state index contributed by atoms with van der Waals surface area (Å²) in [5.74, 6) is 0. The van der Waals surface area contributed by atoms with Crippen LogP contribution < -0.4 is 5.32 Å². The van der Waals surface area contributed by atoms with Gasteiger partial charge in [-0.1, -0.05) is 6.07 Å². The van der Waals surface area contributed by atoms with Gasteiger partial charge in [-0.3, -0.25) is 10.1 Å². The number of benzene rings is 1. The van der Waals surface area contributed by atoms with E-state index < -0.39 is 0 Å². The fraction of sp³-hybridized carbons (Fsp3) is 0.143. The lowest BCUT2D eigenvalue weighted by Crippen LogP contribution is -2.07. The van der Waals surface area contributed by atoms with Crippen molar-refractivity contribution in [1.29, 1.82) is 0 Å². The zero-order chi connectivity index (χ0) is 12.4. The molecule has 2 N–H and O–H groups in total. The van der Waals surface area contributed by atoms with Crippen molar-refractivity contribution >= 4 is 16.6 Å². The topological polar surface area (TPSA) is 53.6 Å². The van der Waals surface area contributed by atoms with E-state index in [0.717, 1.165) is 22.3 Å². The number of pyridine rings is 1. The summed E-state index contributed by atoms with van der Waals surface area (Å²) < 4.78 is 0. The molecular weight excluding hydrogens is 224 g/mol. The van der Waals surface area contributed by atoms with Crippen molar-refractivity contribution in [2.45, 2.75) is 13.0 Å². The van der Waals surface area contributed by atoms with Gasteiger partial charge < -0.3 is 5.32 Å². The third-order valence-corrected chi connectivity index (χ3v) is 3.01. The number of nitrogens with one attached hydrogen (secondary N) is 2. The molecule has 4 heteroatoms. The molecule has 0 saturated heterocycles. The van der Waals surface area contributed by atoms with Crippen molar-refractivity contribution in [2.75, 3.05) is 5.32 Å². The quantitative estimate of drug-likeness (QED) is 0.737. The molecule has 4 nitrogen and oxygen atoms in total. The lowest BCUT2D eigenvalue weighted by Gasteiger charge is -2.15. The first kappa shape index (κ1) is 10.8. The van der Waals surface area contributed by atoms with Crippen molar-refractivity contribution in [3.63, 3.8) is 0 Å². The van der Waals surface area contributed by atoms with Crippen molar-refractivity contribution in [3.8, 4) is 0 Å². The Hall–Kier alpha value is -2.36. The van der Waals surface area contributed by atoms with Gasteiger partial charge in [-0.05, 0) is 37.3 Å². The Bertz CT molecular complexity index is 640. The highest BCUT2D eigenvalue weighted by Crippen LogP contribution is 2.25. The molecule has 0 fully saturated rings. The molecule has 0 aliphatic carbocycles. The first-order valence-electron chi connectivity index (χ1n) is 5.94. The number of nitrogens with zero attached hydrogens (tertiary/aromatic N) is 2. The maximum absolute atomic E-state index is 4.35. The summed E-state index contributed by atoms with van der Waals surface area (Å²) in [5.41, 5.74) is 3.15. The van der Waals surface area contributed by atoms with Crippen LogP contribution in [0.4, 0.5) is 5.69 Å². The van der Waals surface area contributed by atoms with E-state index in [2.05, 4.69) is 39.6 Å². The van der Waals surface area contributed by atoms with Crippen LogP contribution in [-0.4, -0.2) is 15.2 Å². The highest BCUT2D eigenvalue weighted by molar-refractivity contribution is 5.91. The van der Waals surface area contributed by atoms with Gasteiger partial charge >= 0.3 is 0 Å². The van der Waals surface area contributed by atoms with E-state index >= 15 is 0 Å². The maximum Gasteiger partial charge on any atom is 0.0722 e. The van der Waals surface area contributed by atoms with Crippen molar-refractivity contribution in [3.05, 3.63) is 54.5 Å². The van der Waals surface area contributed by atoms with Crippen LogP contribution in [0.3, 0.4) is 0 Å². The molecule has 0 spiro atoms. The Morgan fingerprint density at radius 1 is 1.11 bits per heavy atom. The summed E-state index contributed by atoms with van der Waals surface area (Å²) in [7, 11) is 0.